The van der Waals surface area contributed by atoms with E-state index in [2.05, 4.69) is 5.10 Å². The molecule has 0 fully saturated rings. The summed E-state index contributed by atoms with van der Waals surface area (Å²) in [6.45, 7) is 1.40. The Morgan fingerprint density at radius 1 is 1.03 bits per heavy atom. The average molecular weight is 649 g/mol. The van der Waals surface area contributed by atoms with Crippen LogP contribution in [0.1, 0.15) is 18.1 Å². The van der Waals surface area contributed by atoms with Crippen molar-refractivity contribution in [2.75, 3.05) is 12.1 Å². The van der Waals surface area contributed by atoms with Crippen LogP contribution in [0.4, 0.5) is 27.6 Å². The fourth-order valence-corrected chi connectivity index (χ4v) is 4.35. The Hall–Kier alpha value is -3.19. The second kappa shape index (κ2) is 10.7. The zero-order valence-electron chi connectivity index (χ0n) is 19.0. The summed E-state index contributed by atoms with van der Waals surface area (Å²) in [7, 11) is 1.42. The molecule has 1 aliphatic heterocycles. The van der Waals surface area contributed by atoms with Crippen molar-refractivity contribution in [3.05, 3.63) is 90.8 Å². The van der Waals surface area contributed by atoms with Gasteiger partial charge in [-0.3, -0.25) is 4.79 Å². The van der Waals surface area contributed by atoms with Gasteiger partial charge in [0.15, 0.2) is 34.8 Å². The highest BCUT2D eigenvalue weighted by molar-refractivity contribution is 14.1. The predicted molar refractivity (Wildman–Crippen MR) is 136 cm³/mol. The summed E-state index contributed by atoms with van der Waals surface area (Å²) in [5, 5.41) is 4.37. The molecule has 5 nitrogen and oxygen atoms in total. The number of hydrogen-bond acceptors (Lipinski definition) is 4. The van der Waals surface area contributed by atoms with Gasteiger partial charge < -0.3 is 9.47 Å². The first-order valence-electron chi connectivity index (χ1n) is 10.4. The van der Waals surface area contributed by atoms with Gasteiger partial charge in [0.1, 0.15) is 12.3 Å². The maximum Gasteiger partial charge on any atom is 0.280 e. The van der Waals surface area contributed by atoms with Gasteiger partial charge in [-0.2, -0.15) is 10.1 Å². The molecule has 12 heteroatoms. The molecule has 0 spiro atoms. The van der Waals surface area contributed by atoms with Crippen LogP contribution in [0.15, 0.2) is 47.1 Å². The topological polar surface area (TPSA) is 51.1 Å². The Morgan fingerprint density at radius 3 is 2.27 bits per heavy atom. The van der Waals surface area contributed by atoms with Crippen LogP contribution in [0.25, 0.3) is 6.08 Å². The van der Waals surface area contributed by atoms with E-state index in [4.69, 9.17) is 21.1 Å². The first kappa shape index (κ1) is 26.9. The Balaban J connectivity index is 1.77. The summed E-state index contributed by atoms with van der Waals surface area (Å²) in [5.74, 6) is -11.6. The highest BCUT2D eigenvalue weighted by atomic mass is 127. The van der Waals surface area contributed by atoms with Crippen LogP contribution in [0.5, 0.6) is 11.5 Å². The number of methoxy groups -OCH3 is 1. The third-order valence-electron chi connectivity index (χ3n) is 5.36. The summed E-state index contributed by atoms with van der Waals surface area (Å²) in [6, 6.07) is 10.3. The van der Waals surface area contributed by atoms with Crippen LogP contribution in [0.2, 0.25) is 5.02 Å². The molecule has 3 aromatic rings. The Kier molecular flexibility index (Phi) is 7.74. The van der Waals surface area contributed by atoms with E-state index < -0.39 is 40.7 Å². The molecule has 37 heavy (non-hydrogen) atoms. The molecule has 0 aromatic heterocycles. The van der Waals surface area contributed by atoms with Gasteiger partial charge >= 0.3 is 0 Å². The summed E-state index contributed by atoms with van der Waals surface area (Å²) < 4.78 is 81.8. The first-order chi connectivity index (χ1) is 17.5. The van der Waals surface area contributed by atoms with E-state index >= 15 is 0 Å². The molecule has 0 aliphatic carbocycles. The largest absolute Gasteiger partial charge is 0.493 e. The molecule has 0 saturated heterocycles. The minimum Gasteiger partial charge on any atom is -0.493 e. The number of ether oxygens (including phenoxy) is 2. The molecule has 192 valence electrons. The molecular weight excluding hydrogens is 634 g/mol. The number of hydrogen-bond donors (Lipinski definition) is 0. The van der Waals surface area contributed by atoms with Crippen LogP contribution >= 0.6 is 34.2 Å². The molecule has 0 bridgehead atoms. The lowest BCUT2D eigenvalue weighted by molar-refractivity contribution is -0.114. The van der Waals surface area contributed by atoms with Crippen LogP contribution in [-0.2, 0) is 11.4 Å². The Labute approximate surface area is 226 Å². The molecule has 1 aliphatic rings. The van der Waals surface area contributed by atoms with Crippen molar-refractivity contribution in [2.45, 2.75) is 13.5 Å². The number of halogens is 7. The van der Waals surface area contributed by atoms with Gasteiger partial charge in [0.05, 0.1) is 18.4 Å². The smallest absolute Gasteiger partial charge is 0.280 e. The molecule has 0 saturated carbocycles. The van der Waals surface area contributed by atoms with Gasteiger partial charge in [0.25, 0.3) is 5.91 Å². The maximum atomic E-state index is 14.4. The van der Waals surface area contributed by atoms with E-state index in [1.54, 1.807) is 36.4 Å². The van der Waals surface area contributed by atoms with E-state index in [1.807, 2.05) is 22.6 Å². The molecule has 3 aromatic carbocycles. The number of anilines is 1. The zero-order chi connectivity index (χ0) is 27.0. The lowest BCUT2D eigenvalue weighted by atomic mass is 10.1. The number of benzene rings is 3. The molecule has 1 amide bonds. The standard InChI is InChI=1S/C25H15ClF5IN2O3/c1-11-15(25(35)34(33-11)23-21(30)19(28)18(27)20(29)22(23)31)8-13-7-14(32)9-17(36-2)24(13)37-10-12-5-3-4-6-16(12)26/h3-9H,10H2,1-2H3/b15-8-. The van der Waals surface area contributed by atoms with E-state index in [0.717, 1.165) is 0 Å². The molecule has 4 rings (SSSR count). The average Bonchev–Trinajstić information content (AvgIpc) is 3.14. The fourth-order valence-electron chi connectivity index (χ4n) is 3.54. The van der Waals surface area contributed by atoms with Gasteiger partial charge in [-0.15, -0.1) is 0 Å². The number of nitrogens with zero attached hydrogens (tertiary/aromatic N) is 2. The minimum absolute atomic E-state index is 0.0242. The van der Waals surface area contributed by atoms with Crippen LogP contribution in [-0.4, -0.2) is 18.7 Å². The van der Waals surface area contributed by atoms with Gasteiger partial charge in [-0.05, 0) is 53.8 Å². The predicted octanol–water partition coefficient (Wildman–Crippen LogP) is 7.03. The minimum atomic E-state index is -2.34. The van der Waals surface area contributed by atoms with E-state index in [-0.39, 0.29) is 28.7 Å². The third kappa shape index (κ3) is 5.01. The van der Waals surface area contributed by atoms with Crippen molar-refractivity contribution in [3.63, 3.8) is 0 Å². The second-order valence-electron chi connectivity index (χ2n) is 7.69. The summed E-state index contributed by atoms with van der Waals surface area (Å²) in [4.78, 5) is 13.1. The van der Waals surface area contributed by atoms with Gasteiger partial charge in [-0.25, -0.2) is 22.0 Å². The second-order valence-corrected chi connectivity index (χ2v) is 9.34. The van der Waals surface area contributed by atoms with Crippen molar-refractivity contribution >= 4 is 57.6 Å². The summed E-state index contributed by atoms with van der Waals surface area (Å²) in [5.41, 5.74) is -0.637. The van der Waals surface area contributed by atoms with Crippen molar-refractivity contribution < 1.29 is 36.2 Å². The maximum absolute atomic E-state index is 14.4. The van der Waals surface area contributed by atoms with Crippen molar-refractivity contribution in [1.82, 2.24) is 0 Å². The highest BCUT2D eigenvalue weighted by Gasteiger charge is 2.37. The molecule has 0 N–H and O–H groups in total. The Bertz CT molecular complexity index is 1470. The van der Waals surface area contributed by atoms with Gasteiger partial charge in [-0.1, -0.05) is 29.8 Å². The third-order valence-corrected chi connectivity index (χ3v) is 6.35. The van der Waals surface area contributed by atoms with Crippen LogP contribution in [0.3, 0.4) is 0 Å². The fraction of sp³-hybridized carbons (Fsp3) is 0.120. The van der Waals surface area contributed by atoms with Crippen molar-refractivity contribution in [1.29, 1.82) is 0 Å². The quantitative estimate of drug-likeness (QED) is 0.0949. The van der Waals surface area contributed by atoms with Crippen molar-refractivity contribution in [3.8, 4) is 11.5 Å². The van der Waals surface area contributed by atoms with Crippen molar-refractivity contribution in [2.24, 2.45) is 5.10 Å². The number of carbonyl (C=O) groups is 1. The lowest BCUT2D eigenvalue weighted by Crippen LogP contribution is -2.25. The van der Waals surface area contributed by atoms with Crippen LogP contribution < -0.4 is 14.5 Å². The highest BCUT2D eigenvalue weighted by Crippen LogP contribution is 2.38. The number of hydrazone groups is 1. The molecule has 0 atom stereocenters. The number of amides is 1. The first-order valence-corrected chi connectivity index (χ1v) is 11.9. The van der Waals surface area contributed by atoms with Gasteiger partial charge in [0.2, 0.25) is 5.82 Å². The van der Waals surface area contributed by atoms with E-state index in [0.29, 0.717) is 25.5 Å². The lowest BCUT2D eigenvalue weighted by Gasteiger charge is -2.16. The zero-order valence-corrected chi connectivity index (χ0v) is 21.9. The normalized spacial score (nSPS) is 14.4. The molecule has 1 heterocycles. The number of rotatable bonds is 6. The van der Waals surface area contributed by atoms with E-state index in [9.17, 15) is 26.7 Å². The monoisotopic (exact) mass is 648 g/mol. The molecule has 0 unspecified atom stereocenters. The summed E-state index contributed by atoms with van der Waals surface area (Å²) in [6.07, 6.45) is 1.33. The van der Waals surface area contributed by atoms with Gasteiger partial charge in [0, 0.05) is 19.7 Å². The Morgan fingerprint density at radius 2 is 1.65 bits per heavy atom. The SMILES string of the molecule is COc1cc(I)cc(/C=C2\C(=O)N(c3c(F)c(F)c(F)c(F)c3F)N=C2C)c1OCc1ccccc1Cl. The van der Waals surface area contributed by atoms with Crippen LogP contribution in [0, 0.1) is 32.7 Å². The molecule has 0 radical (unpaired) electrons. The van der Waals surface area contributed by atoms with E-state index in [1.165, 1.54) is 20.1 Å². The summed E-state index contributed by atoms with van der Waals surface area (Å²) >= 11 is 8.22. The molecular formula is C25H15ClF5IN2O3. The number of carbonyl (C=O) groups excluding carboxylic acids is 1.